The number of hydrogen-bond acceptors (Lipinski definition) is 7. The van der Waals surface area contributed by atoms with Crippen molar-refractivity contribution >= 4 is 17.7 Å². The van der Waals surface area contributed by atoms with E-state index in [-0.39, 0.29) is 11.7 Å². The number of nitrogens with zero attached hydrogens (tertiary/aromatic N) is 1. The van der Waals surface area contributed by atoms with Gasteiger partial charge >= 0.3 is 5.97 Å². The molecule has 0 bridgehead atoms. The minimum Gasteiger partial charge on any atom is -0.492 e. The Bertz CT molecular complexity index is 597. The summed E-state index contributed by atoms with van der Waals surface area (Å²) < 4.78 is 15.4. The van der Waals surface area contributed by atoms with E-state index in [0.29, 0.717) is 31.2 Å². The Kier molecular flexibility index (Phi) is 5.03. The van der Waals surface area contributed by atoms with Crippen LogP contribution >= 0.6 is 0 Å². The number of carbonyl (C=O) groups excluding carboxylic acids is 1. The van der Waals surface area contributed by atoms with Crippen LogP contribution in [0.15, 0.2) is 34.9 Å². The van der Waals surface area contributed by atoms with Crippen molar-refractivity contribution in [2.24, 2.45) is 0 Å². The zero-order valence-corrected chi connectivity index (χ0v) is 11.7. The molecule has 21 heavy (non-hydrogen) atoms. The molecule has 1 aromatic heterocycles. The van der Waals surface area contributed by atoms with Gasteiger partial charge in [-0.05, 0) is 19.1 Å². The second-order valence-electron chi connectivity index (χ2n) is 4.11. The average molecular weight is 291 g/mol. The Morgan fingerprint density at radius 2 is 2.33 bits per heavy atom. The van der Waals surface area contributed by atoms with Gasteiger partial charge in [0, 0.05) is 11.8 Å². The first kappa shape index (κ1) is 14.7. The van der Waals surface area contributed by atoms with Gasteiger partial charge in [-0.25, -0.2) is 4.79 Å². The minimum atomic E-state index is -0.509. The van der Waals surface area contributed by atoms with Crippen molar-refractivity contribution < 1.29 is 18.7 Å². The Morgan fingerprint density at radius 1 is 1.48 bits per heavy atom. The van der Waals surface area contributed by atoms with E-state index in [0.717, 1.165) is 0 Å². The van der Waals surface area contributed by atoms with Crippen molar-refractivity contribution in [3.63, 3.8) is 0 Å². The highest BCUT2D eigenvalue weighted by Gasteiger charge is 2.12. The summed E-state index contributed by atoms with van der Waals surface area (Å²) in [5, 5.41) is 2.91. The fourth-order valence-electron chi connectivity index (χ4n) is 1.58. The molecule has 0 saturated heterocycles. The molecule has 0 saturated carbocycles. The van der Waals surface area contributed by atoms with Gasteiger partial charge < -0.3 is 24.9 Å². The van der Waals surface area contributed by atoms with Crippen molar-refractivity contribution in [1.29, 1.82) is 0 Å². The van der Waals surface area contributed by atoms with E-state index in [9.17, 15) is 4.79 Å². The highest BCUT2D eigenvalue weighted by molar-refractivity contribution is 5.87. The lowest BCUT2D eigenvalue weighted by Crippen LogP contribution is -2.12. The van der Waals surface area contributed by atoms with Gasteiger partial charge in [0.2, 0.25) is 0 Å². The van der Waals surface area contributed by atoms with Crippen LogP contribution in [0.25, 0.3) is 0 Å². The maximum Gasteiger partial charge on any atom is 0.360 e. The van der Waals surface area contributed by atoms with Crippen LogP contribution in [-0.4, -0.2) is 30.7 Å². The van der Waals surface area contributed by atoms with Gasteiger partial charge in [0.05, 0.1) is 13.2 Å². The lowest BCUT2D eigenvalue weighted by Gasteiger charge is -2.06. The quantitative estimate of drug-likeness (QED) is 0.456. The normalized spacial score (nSPS) is 10.1. The lowest BCUT2D eigenvalue weighted by atomic mass is 10.3. The third-order valence-corrected chi connectivity index (χ3v) is 2.49. The predicted molar refractivity (Wildman–Crippen MR) is 77.3 cm³/mol. The molecule has 7 heteroatoms. The molecule has 0 atom stereocenters. The topological polar surface area (TPSA) is 99.6 Å². The van der Waals surface area contributed by atoms with Crippen LogP contribution in [0.2, 0.25) is 0 Å². The molecule has 0 unspecified atom stereocenters. The van der Waals surface area contributed by atoms with Crippen LogP contribution in [0, 0.1) is 0 Å². The van der Waals surface area contributed by atoms with E-state index >= 15 is 0 Å². The minimum absolute atomic E-state index is 0.135. The maximum absolute atomic E-state index is 11.4. The molecule has 0 aliphatic rings. The van der Waals surface area contributed by atoms with Gasteiger partial charge in [-0.1, -0.05) is 6.07 Å². The van der Waals surface area contributed by atoms with E-state index in [2.05, 4.69) is 10.3 Å². The number of rotatable bonds is 7. The van der Waals surface area contributed by atoms with Crippen LogP contribution < -0.4 is 15.8 Å². The SMILES string of the molecule is CCOC(=O)c1coc(NCCOc2cccc(N)c2)n1. The van der Waals surface area contributed by atoms with Crippen molar-refractivity contribution in [2.45, 2.75) is 6.92 Å². The largest absolute Gasteiger partial charge is 0.492 e. The van der Waals surface area contributed by atoms with Crippen LogP contribution in [0.3, 0.4) is 0 Å². The Balaban J connectivity index is 1.75. The molecule has 1 aromatic carbocycles. The number of anilines is 2. The molecule has 0 amide bonds. The summed E-state index contributed by atoms with van der Waals surface area (Å²) in [7, 11) is 0. The average Bonchev–Trinajstić information content (AvgIpc) is 2.93. The molecule has 0 aliphatic heterocycles. The number of hydrogen-bond donors (Lipinski definition) is 2. The van der Waals surface area contributed by atoms with Gasteiger partial charge in [0.1, 0.15) is 18.6 Å². The van der Waals surface area contributed by atoms with Gasteiger partial charge in [-0.15, -0.1) is 0 Å². The summed E-state index contributed by atoms with van der Waals surface area (Å²) in [5.74, 6) is 0.182. The molecule has 2 aromatic rings. The van der Waals surface area contributed by atoms with E-state index in [4.69, 9.17) is 19.6 Å². The van der Waals surface area contributed by atoms with Crippen LogP contribution in [-0.2, 0) is 4.74 Å². The maximum atomic E-state index is 11.4. The molecule has 3 N–H and O–H groups in total. The third kappa shape index (κ3) is 4.41. The molecule has 0 aliphatic carbocycles. The number of oxazole rings is 1. The monoisotopic (exact) mass is 291 g/mol. The zero-order valence-electron chi connectivity index (χ0n) is 11.7. The number of benzene rings is 1. The van der Waals surface area contributed by atoms with E-state index in [1.165, 1.54) is 6.26 Å². The summed E-state index contributed by atoms with van der Waals surface area (Å²) in [6.07, 6.45) is 1.25. The molecule has 112 valence electrons. The summed E-state index contributed by atoms with van der Waals surface area (Å²) in [5.41, 5.74) is 6.43. The number of ether oxygens (including phenoxy) is 2. The highest BCUT2D eigenvalue weighted by Crippen LogP contribution is 2.14. The number of nitrogens with one attached hydrogen (secondary N) is 1. The second-order valence-corrected chi connectivity index (χ2v) is 4.11. The molecular weight excluding hydrogens is 274 g/mol. The summed E-state index contributed by atoms with van der Waals surface area (Å²) >= 11 is 0. The number of esters is 1. The van der Waals surface area contributed by atoms with E-state index < -0.39 is 5.97 Å². The Labute approximate surface area is 122 Å². The molecule has 7 nitrogen and oxygen atoms in total. The summed E-state index contributed by atoms with van der Waals surface area (Å²) in [6, 6.07) is 7.41. The van der Waals surface area contributed by atoms with Crippen molar-refractivity contribution in [3.8, 4) is 5.75 Å². The van der Waals surface area contributed by atoms with Crippen molar-refractivity contribution in [1.82, 2.24) is 4.98 Å². The Hall–Kier alpha value is -2.70. The van der Waals surface area contributed by atoms with Crippen LogP contribution in [0.1, 0.15) is 17.4 Å². The highest BCUT2D eigenvalue weighted by atomic mass is 16.5. The first-order chi connectivity index (χ1) is 10.2. The van der Waals surface area contributed by atoms with Gasteiger partial charge in [-0.2, -0.15) is 4.98 Å². The molecule has 0 spiro atoms. The van der Waals surface area contributed by atoms with E-state index in [1.54, 1.807) is 19.1 Å². The molecule has 1 heterocycles. The lowest BCUT2D eigenvalue weighted by molar-refractivity contribution is 0.0519. The summed E-state index contributed by atoms with van der Waals surface area (Å²) in [4.78, 5) is 15.4. The molecular formula is C14H17N3O4. The molecule has 2 rings (SSSR count). The third-order valence-electron chi connectivity index (χ3n) is 2.49. The smallest absolute Gasteiger partial charge is 0.360 e. The number of carbonyl (C=O) groups is 1. The standard InChI is InChI=1S/C14H17N3O4/c1-2-19-13(18)12-9-21-14(17-12)16-6-7-20-11-5-3-4-10(15)8-11/h3-5,8-9H,2,6-7,15H2,1H3,(H,16,17). The van der Waals surface area contributed by atoms with Gasteiger partial charge in [0.15, 0.2) is 5.69 Å². The van der Waals surface area contributed by atoms with Gasteiger partial charge in [0.25, 0.3) is 6.01 Å². The molecule has 0 radical (unpaired) electrons. The number of aromatic nitrogens is 1. The first-order valence-corrected chi connectivity index (χ1v) is 6.54. The fraction of sp³-hybridized carbons (Fsp3) is 0.286. The zero-order chi connectivity index (χ0) is 15.1. The first-order valence-electron chi connectivity index (χ1n) is 6.54. The van der Waals surface area contributed by atoms with Crippen LogP contribution in [0.4, 0.5) is 11.7 Å². The van der Waals surface area contributed by atoms with Gasteiger partial charge in [-0.3, -0.25) is 0 Å². The second kappa shape index (κ2) is 7.18. The predicted octanol–water partition coefficient (Wildman–Crippen LogP) is 1.92. The van der Waals surface area contributed by atoms with E-state index in [1.807, 2.05) is 12.1 Å². The number of nitrogen functional groups attached to an aromatic ring is 1. The van der Waals surface area contributed by atoms with Crippen molar-refractivity contribution in [3.05, 3.63) is 36.2 Å². The van der Waals surface area contributed by atoms with Crippen molar-refractivity contribution in [2.75, 3.05) is 30.8 Å². The molecule has 0 fully saturated rings. The summed E-state index contributed by atoms with van der Waals surface area (Å²) in [6.45, 7) is 2.89. The number of nitrogens with two attached hydrogens (primary N) is 1. The Morgan fingerprint density at radius 3 is 3.10 bits per heavy atom. The van der Waals surface area contributed by atoms with Crippen LogP contribution in [0.5, 0.6) is 5.75 Å². The fourth-order valence-corrected chi connectivity index (χ4v) is 1.58.